The third kappa shape index (κ3) is 4.80. The van der Waals surface area contributed by atoms with E-state index >= 15 is 0 Å². The predicted octanol–water partition coefficient (Wildman–Crippen LogP) is 3.07. The molecule has 0 radical (unpaired) electrons. The lowest BCUT2D eigenvalue weighted by atomic mass is 9.80. The number of benzene rings is 1. The van der Waals surface area contributed by atoms with E-state index in [0.29, 0.717) is 18.3 Å². The van der Waals surface area contributed by atoms with Gasteiger partial charge >= 0.3 is 0 Å². The molecule has 3 atom stereocenters. The Morgan fingerprint density at radius 3 is 2.71 bits per heavy atom. The van der Waals surface area contributed by atoms with Gasteiger partial charge in [0.15, 0.2) is 0 Å². The van der Waals surface area contributed by atoms with Crippen molar-refractivity contribution in [1.29, 1.82) is 0 Å². The van der Waals surface area contributed by atoms with Gasteiger partial charge in [-0.15, -0.1) is 0 Å². The zero-order chi connectivity index (χ0) is 17.9. The van der Waals surface area contributed by atoms with E-state index in [1.807, 2.05) is 13.0 Å². The number of sulfonamides is 1. The minimum atomic E-state index is -3.74. The van der Waals surface area contributed by atoms with Crippen LogP contribution in [0.25, 0.3) is 0 Å². The summed E-state index contributed by atoms with van der Waals surface area (Å²) in [5.41, 5.74) is 0.773. The summed E-state index contributed by atoms with van der Waals surface area (Å²) in [5.74, 6) is 1.28. The van der Waals surface area contributed by atoms with Crippen LogP contribution in [0.4, 0.5) is 0 Å². The highest BCUT2D eigenvalue weighted by Gasteiger charge is 2.25. The second-order valence-corrected chi connectivity index (χ2v) is 8.70. The minimum absolute atomic E-state index is 0.0776. The molecule has 1 saturated carbocycles. The molecule has 1 aliphatic rings. The molecule has 2 N–H and O–H groups in total. The first kappa shape index (κ1) is 18.9. The van der Waals surface area contributed by atoms with Crippen molar-refractivity contribution in [1.82, 2.24) is 4.90 Å². The first-order valence-electron chi connectivity index (χ1n) is 8.57. The Hall–Kier alpha value is -1.40. The Morgan fingerprint density at radius 2 is 2.08 bits per heavy atom. The lowest BCUT2D eigenvalue weighted by molar-refractivity contribution is -0.133. The van der Waals surface area contributed by atoms with E-state index in [1.165, 1.54) is 18.9 Å². The smallest absolute Gasteiger partial charge is 0.238 e. The van der Waals surface area contributed by atoms with E-state index in [4.69, 9.17) is 5.14 Å². The molecule has 0 aromatic heterocycles. The monoisotopic (exact) mass is 352 g/mol. The normalized spacial score (nSPS) is 22.8. The molecule has 1 fully saturated rings. The first-order valence-corrected chi connectivity index (χ1v) is 10.1. The Balaban J connectivity index is 2.05. The van der Waals surface area contributed by atoms with Crippen molar-refractivity contribution in [3.05, 3.63) is 29.8 Å². The molecular formula is C18H28N2O3S. The lowest BCUT2D eigenvalue weighted by Crippen LogP contribution is -2.32. The van der Waals surface area contributed by atoms with Gasteiger partial charge in [0.2, 0.25) is 15.9 Å². The van der Waals surface area contributed by atoms with E-state index in [0.717, 1.165) is 18.4 Å². The molecule has 0 spiro atoms. The predicted molar refractivity (Wildman–Crippen MR) is 94.7 cm³/mol. The third-order valence-electron chi connectivity index (χ3n) is 5.15. The fourth-order valence-electron chi connectivity index (χ4n) is 3.53. The summed E-state index contributed by atoms with van der Waals surface area (Å²) in [5, 5.41) is 5.19. The molecule has 0 saturated heterocycles. The molecule has 0 aliphatic heterocycles. The number of hydrogen-bond donors (Lipinski definition) is 1. The fraction of sp³-hybridized carbons (Fsp3) is 0.611. The molecule has 24 heavy (non-hydrogen) atoms. The van der Waals surface area contributed by atoms with Gasteiger partial charge in [0.1, 0.15) is 0 Å². The number of nitrogens with zero attached hydrogens (tertiary/aromatic N) is 1. The summed E-state index contributed by atoms with van der Waals surface area (Å²) in [6.07, 6.45) is 5.28. The van der Waals surface area contributed by atoms with Crippen LogP contribution in [-0.4, -0.2) is 26.3 Å². The Bertz CT molecular complexity index is 687. The van der Waals surface area contributed by atoms with Crippen LogP contribution in [-0.2, 0) is 14.8 Å². The van der Waals surface area contributed by atoms with Crippen LogP contribution in [0, 0.1) is 11.8 Å². The zero-order valence-electron chi connectivity index (χ0n) is 14.7. The molecular weight excluding hydrogens is 324 g/mol. The van der Waals surface area contributed by atoms with Gasteiger partial charge in [-0.05, 0) is 49.3 Å². The first-order chi connectivity index (χ1) is 11.2. The Kier molecular flexibility index (Phi) is 6.04. The van der Waals surface area contributed by atoms with Gasteiger partial charge in [0, 0.05) is 13.5 Å². The second-order valence-electron chi connectivity index (χ2n) is 7.14. The molecule has 134 valence electrons. The largest absolute Gasteiger partial charge is 0.339 e. The van der Waals surface area contributed by atoms with Gasteiger partial charge in [-0.2, -0.15) is 0 Å². The number of nitrogens with two attached hydrogens (primary N) is 1. The molecule has 1 aliphatic carbocycles. The molecule has 3 unspecified atom stereocenters. The number of primary sulfonamides is 1. The number of carbonyl (C=O) groups is 1. The van der Waals surface area contributed by atoms with Gasteiger partial charge in [-0.3, -0.25) is 4.79 Å². The van der Waals surface area contributed by atoms with E-state index in [2.05, 4.69) is 6.92 Å². The van der Waals surface area contributed by atoms with Gasteiger partial charge in [-0.25, -0.2) is 13.6 Å². The van der Waals surface area contributed by atoms with Crippen LogP contribution in [0.1, 0.15) is 57.6 Å². The van der Waals surface area contributed by atoms with Crippen LogP contribution in [0.3, 0.4) is 0 Å². The SMILES string of the molecule is CC1CCCC(CC(=O)N(C)C(C)c2cccc(S(N)(=O)=O)c2)C1. The zero-order valence-corrected chi connectivity index (χ0v) is 15.6. The van der Waals surface area contributed by atoms with Crippen LogP contribution in [0.2, 0.25) is 0 Å². The molecule has 1 aromatic carbocycles. The number of hydrogen-bond acceptors (Lipinski definition) is 3. The highest BCUT2D eigenvalue weighted by molar-refractivity contribution is 7.89. The van der Waals surface area contributed by atoms with Crippen molar-refractivity contribution >= 4 is 15.9 Å². The van der Waals surface area contributed by atoms with Crippen LogP contribution >= 0.6 is 0 Å². The highest BCUT2D eigenvalue weighted by Crippen LogP contribution is 2.32. The van der Waals surface area contributed by atoms with E-state index < -0.39 is 10.0 Å². The van der Waals surface area contributed by atoms with Crippen molar-refractivity contribution in [3.63, 3.8) is 0 Å². The van der Waals surface area contributed by atoms with Crippen molar-refractivity contribution < 1.29 is 13.2 Å². The Labute approximate surface area is 145 Å². The summed E-state index contributed by atoms with van der Waals surface area (Å²) < 4.78 is 23.0. The van der Waals surface area contributed by atoms with Gasteiger partial charge < -0.3 is 4.90 Å². The minimum Gasteiger partial charge on any atom is -0.339 e. The molecule has 0 heterocycles. The maximum Gasteiger partial charge on any atom is 0.238 e. The fourth-order valence-corrected chi connectivity index (χ4v) is 4.10. The van der Waals surface area contributed by atoms with Crippen molar-refractivity contribution in [2.24, 2.45) is 17.0 Å². The molecule has 1 amide bonds. The van der Waals surface area contributed by atoms with Crippen molar-refractivity contribution in [3.8, 4) is 0 Å². The topological polar surface area (TPSA) is 80.5 Å². The quantitative estimate of drug-likeness (QED) is 0.884. The van der Waals surface area contributed by atoms with Crippen LogP contribution in [0.5, 0.6) is 0 Å². The average Bonchev–Trinajstić information content (AvgIpc) is 2.52. The molecule has 1 aromatic rings. The maximum absolute atomic E-state index is 12.6. The highest BCUT2D eigenvalue weighted by atomic mass is 32.2. The summed E-state index contributed by atoms with van der Waals surface area (Å²) in [6, 6.07) is 6.31. The van der Waals surface area contributed by atoms with Gasteiger partial charge in [0.05, 0.1) is 10.9 Å². The summed E-state index contributed by atoms with van der Waals surface area (Å²) >= 11 is 0. The number of carbonyl (C=O) groups excluding carboxylic acids is 1. The maximum atomic E-state index is 12.6. The molecule has 2 rings (SSSR count). The van der Waals surface area contributed by atoms with E-state index in [-0.39, 0.29) is 16.8 Å². The number of rotatable bonds is 5. The van der Waals surface area contributed by atoms with Crippen LogP contribution in [0.15, 0.2) is 29.2 Å². The lowest BCUT2D eigenvalue weighted by Gasteiger charge is -2.30. The number of amides is 1. The average molecular weight is 353 g/mol. The van der Waals surface area contributed by atoms with Gasteiger partial charge in [0.25, 0.3) is 0 Å². The molecule has 0 bridgehead atoms. The second kappa shape index (κ2) is 7.66. The van der Waals surface area contributed by atoms with Crippen LogP contribution < -0.4 is 5.14 Å². The molecule has 6 heteroatoms. The van der Waals surface area contributed by atoms with Gasteiger partial charge in [-0.1, -0.05) is 31.9 Å². The summed E-state index contributed by atoms with van der Waals surface area (Å²) in [6.45, 7) is 4.16. The summed E-state index contributed by atoms with van der Waals surface area (Å²) in [7, 11) is -1.96. The molecule has 5 nitrogen and oxygen atoms in total. The summed E-state index contributed by atoms with van der Waals surface area (Å²) in [4.78, 5) is 14.4. The van der Waals surface area contributed by atoms with E-state index in [9.17, 15) is 13.2 Å². The Morgan fingerprint density at radius 1 is 1.38 bits per heavy atom. The van der Waals surface area contributed by atoms with E-state index in [1.54, 1.807) is 24.1 Å². The standard InChI is InChI=1S/C18H28N2O3S/c1-13-6-4-7-15(10-13)11-18(21)20(3)14(2)16-8-5-9-17(12-16)24(19,22)23/h5,8-9,12-15H,4,6-7,10-11H2,1-3H3,(H2,19,22,23). The third-order valence-corrected chi connectivity index (χ3v) is 6.06. The van der Waals surface area contributed by atoms with Crippen molar-refractivity contribution in [2.75, 3.05) is 7.05 Å². The van der Waals surface area contributed by atoms with Crippen molar-refractivity contribution in [2.45, 2.75) is 56.9 Å².